The summed E-state index contributed by atoms with van der Waals surface area (Å²) in [6.07, 6.45) is 0.825. The molecule has 0 saturated carbocycles. The first-order chi connectivity index (χ1) is 8.12. The van der Waals surface area contributed by atoms with Crippen LogP contribution in [-0.4, -0.2) is 41.8 Å². The van der Waals surface area contributed by atoms with Gasteiger partial charge in [0.05, 0.1) is 5.60 Å². The Labute approximate surface area is 103 Å². The Morgan fingerprint density at radius 3 is 2.76 bits per heavy atom. The molecular formula is C14H22N2O. The number of piperidine rings is 1. The molecule has 1 aromatic rings. The molecule has 0 radical (unpaired) electrons. The van der Waals surface area contributed by atoms with Gasteiger partial charge < -0.3 is 10.4 Å². The van der Waals surface area contributed by atoms with Crippen molar-refractivity contribution in [2.45, 2.75) is 31.5 Å². The normalized spacial score (nSPS) is 30.4. The highest BCUT2D eigenvalue weighted by molar-refractivity contribution is 5.14. The summed E-state index contributed by atoms with van der Waals surface area (Å²) in [5.74, 6) is 0. The van der Waals surface area contributed by atoms with Crippen LogP contribution < -0.4 is 5.32 Å². The first kappa shape index (κ1) is 12.6. The van der Waals surface area contributed by atoms with Crippen molar-refractivity contribution in [2.24, 2.45) is 0 Å². The lowest BCUT2D eigenvalue weighted by Crippen LogP contribution is -2.58. The number of nitrogens with one attached hydrogen (secondary N) is 1. The highest BCUT2D eigenvalue weighted by Gasteiger charge is 2.36. The Morgan fingerprint density at radius 1 is 1.41 bits per heavy atom. The van der Waals surface area contributed by atoms with Crippen LogP contribution in [0.1, 0.15) is 18.9 Å². The molecule has 94 valence electrons. The highest BCUT2D eigenvalue weighted by Crippen LogP contribution is 2.22. The summed E-state index contributed by atoms with van der Waals surface area (Å²) in [4.78, 5) is 2.40. The standard InChI is InChI=1S/C14H22N2O/c1-14(17)8-9-16(11-13(14)15-2)10-12-6-4-3-5-7-12/h3-7,13,15,17H,8-11H2,1-2H3/t13-,14?/m1/s1. The van der Waals surface area contributed by atoms with Crippen molar-refractivity contribution in [1.29, 1.82) is 0 Å². The van der Waals surface area contributed by atoms with Crippen LogP contribution in [0.15, 0.2) is 30.3 Å². The summed E-state index contributed by atoms with van der Waals surface area (Å²) in [6.45, 7) is 4.75. The van der Waals surface area contributed by atoms with Crippen LogP contribution in [0.2, 0.25) is 0 Å². The topological polar surface area (TPSA) is 35.5 Å². The third-order valence-electron chi connectivity index (χ3n) is 3.72. The Morgan fingerprint density at radius 2 is 2.12 bits per heavy atom. The molecule has 1 heterocycles. The van der Waals surface area contributed by atoms with Gasteiger partial charge in [-0.3, -0.25) is 4.90 Å². The van der Waals surface area contributed by atoms with Crippen LogP contribution in [0.4, 0.5) is 0 Å². The molecular weight excluding hydrogens is 212 g/mol. The Hall–Kier alpha value is -0.900. The van der Waals surface area contributed by atoms with Gasteiger partial charge in [-0.25, -0.2) is 0 Å². The monoisotopic (exact) mass is 234 g/mol. The predicted molar refractivity (Wildman–Crippen MR) is 69.8 cm³/mol. The zero-order chi connectivity index (χ0) is 12.3. The Kier molecular flexibility index (Phi) is 3.82. The Bertz CT molecular complexity index is 350. The van der Waals surface area contributed by atoms with E-state index in [2.05, 4.69) is 34.5 Å². The number of benzene rings is 1. The van der Waals surface area contributed by atoms with Gasteiger partial charge in [0.1, 0.15) is 0 Å². The predicted octanol–water partition coefficient (Wildman–Crippen LogP) is 1.23. The summed E-state index contributed by atoms with van der Waals surface area (Å²) in [7, 11) is 1.92. The summed E-state index contributed by atoms with van der Waals surface area (Å²) in [5, 5.41) is 13.4. The van der Waals surface area contributed by atoms with Crippen LogP contribution in [0.5, 0.6) is 0 Å². The lowest BCUT2D eigenvalue weighted by molar-refractivity contribution is -0.0357. The molecule has 1 aliphatic rings. The largest absolute Gasteiger partial charge is 0.388 e. The number of likely N-dealkylation sites (tertiary alicyclic amines) is 1. The molecule has 1 unspecified atom stereocenters. The summed E-state index contributed by atoms with van der Waals surface area (Å²) >= 11 is 0. The highest BCUT2D eigenvalue weighted by atomic mass is 16.3. The van der Waals surface area contributed by atoms with Crippen LogP contribution in [0.25, 0.3) is 0 Å². The minimum absolute atomic E-state index is 0.153. The van der Waals surface area contributed by atoms with Gasteiger partial charge in [0.15, 0.2) is 0 Å². The van der Waals surface area contributed by atoms with Gasteiger partial charge in [-0.2, -0.15) is 0 Å². The van der Waals surface area contributed by atoms with Crippen LogP contribution in [-0.2, 0) is 6.54 Å². The van der Waals surface area contributed by atoms with Gasteiger partial charge in [-0.05, 0) is 26.0 Å². The quantitative estimate of drug-likeness (QED) is 0.826. The smallest absolute Gasteiger partial charge is 0.0796 e. The maximum atomic E-state index is 10.2. The van der Waals surface area contributed by atoms with E-state index in [0.29, 0.717) is 0 Å². The molecule has 0 aromatic heterocycles. The molecule has 1 aromatic carbocycles. The van der Waals surface area contributed by atoms with E-state index in [9.17, 15) is 5.11 Å². The van der Waals surface area contributed by atoms with Crippen molar-refractivity contribution in [3.05, 3.63) is 35.9 Å². The zero-order valence-electron chi connectivity index (χ0n) is 10.7. The maximum Gasteiger partial charge on any atom is 0.0796 e. The molecule has 2 N–H and O–H groups in total. The fourth-order valence-corrected chi connectivity index (χ4v) is 2.49. The SMILES string of the molecule is CN[C@@H]1CN(Cc2ccccc2)CCC1(C)O. The van der Waals surface area contributed by atoms with E-state index in [-0.39, 0.29) is 6.04 Å². The lowest BCUT2D eigenvalue weighted by atomic mass is 9.88. The number of aliphatic hydroxyl groups is 1. The van der Waals surface area contributed by atoms with Gasteiger partial charge in [0.2, 0.25) is 0 Å². The maximum absolute atomic E-state index is 10.2. The van der Waals surface area contributed by atoms with E-state index in [1.165, 1.54) is 5.56 Å². The molecule has 2 atom stereocenters. The van der Waals surface area contributed by atoms with Gasteiger partial charge in [0.25, 0.3) is 0 Å². The third kappa shape index (κ3) is 3.06. The van der Waals surface area contributed by atoms with Crippen LogP contribution >= 0.6 is 0 Å². The molecule has 17 heavy (non-hydrogen) atoms. The lowest BCUT2D eigenvalue weighted by Gasteiger charge is -2.42. The summed E-state index contributed by atoms with van der Waals surface area (Å²) < 4.78 is 0. The van der Waals surface area contributed by atoms with Gasteiger partial charge in [-0.1, -0.05) is 30.3 Å². The average Bonchev–Trinajstić information content (AvgIpc) is 2.33. The van der Waals surface area contributed by atoms with E-state index in [1.54, 1.807) is 0 Å². The Balaban J connectivity index is 1.96. The molecule has 0 amide bonds. The van der Waals surface area contributed by atoms with Crippen molar-refractivity contribution in [3.63, 3.8) is 0 Å². The minimum Gasteiger partial charge on any atom is -0.388 e. The van der Waals surface area contributed by atoms with Gasteiger partial charge in [0, 0.05) is 25.7 Å². The van der Waals surface area contributed by atoms with Crippen molar-refractivity contribution in [1.82, 2.24) is 10.2 Å². The first-order valence-corrected chi connectivity index (χ1v) is 6.28. The number of likely N-dealkylation sites (N-methyl/N-ethyl adjacent to an activating group) is 1. The van der Waals surface area contributed by atoms with E-state index in [0.717, 1.165) is 26.1 Å². The molecule has 1 fully saturated rings. The van der Waals surface area contributed by atoms with Crippen molar-refractivity contribution in [3.8, 4) is 0 Å². The second-order valence-electron chi connectivity index (χ2n) is 5.17. The first-order valence-electron chi connectivity index (χ1n) is 6.28. The van der Waals surface area contributed by atoms with Gasteiger partial charge >= 0.3 is 0 Å². The van der Waals surface area contributed by atoms with E-state index < -0.39 is 5.60 Å². The molecule has 2 rings (SSSR count). The second-order valence-corrected chi connectivity index (χ2v) is 5.17. The number of nitrogens with zero attached hydrogens (tertiary/aromatic N) is 1. The molecule has 0 aliphatic carbocycles. The molecule has 3 nitrogen and oxygen atoms in total. The number of hydrogen-bond acceptors (Lipinski definition) is 3. The summed E-state index contributed by atoms with van der Waals surface area (Å²) in [6, 6.07) is 10.7. The number of rotatable bonds is 3. The van der Waals surface area contributed by atoms with Crippen molar-refractivity contribution >= 4 is 0 Å². The summed E-state index contributed by atoms with van der Waals surface area (Å²) in [5.41, 5.74) is 0.756. The van der Waals surface area contributed by atoms with Crippen molar-refractivity contribution in [2.75, 3.05) is 20.1 Å². The van der Waals surface area contributed by atoms with Crippen LogP contribution in [0, 0.1) is 0 Å². The molecule has 1 aliphatic heterocycles. The zero-order valence-corrected chi connectivity index (χ0v) is 10.7. The third-order valence-corrected chi connectivity index (χ3v) is 3.72. The van der Waals surface area contributed by atoms with Crippen LogP contribution in [0.3, 0.4) is 0 Å². The molecule has 3 heteroatoms. The molecule has 1 saturated heterocycles. The van der Waals surface area contributed by atoms with Gasteiger partial charge in [-0.15, -0.1) is 0 Å². The molecule has 0 bridgehead atoms. The molecule has 0 spiro atoms. The van der Waals surface area contributed by atoms with E-state index >= 15 is 0 Å². The van der Waals surface area contributed by atoms with E-state index in [4.69, 9.17) is 0 Å². The fourth-order valence-electron chi connectivity index (χ4n) is 2.49. The second kappa shape index (κ2) is 5.17. The number of hydrogen-bond donors (Lipinski definition) is 2. The van der Waals surface area contributed by atoms with Crippen molar-refractivity contribution < 1.29 is 5.11 Å². The average molecular weight is 234 g/mol. The fraction of sp³-hybridized carbons (Fsp3) is 0.571. The minimum atomic E-state index is -0.581. The van der Waals surface area contributed by atoms with E-state index in [1.807, 2.05) is 20.0 Å².